The number of tetrazole rings is 1. The topological polar surface area (TPSA) is 78.8 Å². The largest absolute Gasteiger partial charge is 0.398 e. The van der Waals surface area contributed by atoms with Gasteiger partial charge in [0.15, 0.2) is 5.82 Å². The van der Waals surface area contributed by atoms with E-state index in [0.717, 1.165) is 42.1 Å². The van der Waals surface area contributed by atoms with Crippen LogP contribution < -0.4 is 5.73 Å². The fourth-order valence-electron chi connectivity index (χ4n) is 2.60. The normalized spacial score (nSPS) is 21.7. The third-order valence-electron chi connectivity index (χ3n) is 3.88. The third-order valence-corrected chi connectivity index (χ3v) is 3.88. The van der Waals surface area contributed by atoms with Gasteiger partial charge in [0, 0.05) is 17.9 Å². The summed E-state index contributed by atoms with van der Waals surface area (Å²) in [5, 5.41) is 12.1. The van der Waals surface area contributed by atoms with E-state index in [0.29, 0.717) is 12.1 Å². The van der Waals surface area contributed by atoms with Crippen LogP contribution in [0.25, 0.3) is 11.4 Å². The second-order valence-electron chi connectivity index (χ2n) is 5.19. The molecule has 1 saturated carbocycles. The van der Waals surface area contributed by atoms with Gasteiger partial charge >= 0.3 is 0 Å². The van der Waals surface area contributed by atoms with E-state index in [2.05, 4.69) is 15.5 Å². The van der Waals surface area contributed by atoms with Crippen LogP contribution in [0.15, 0.2) is 18.2 Å². The predicted octanol–water partition coefficient (Wildman–Crippen LogP) is 1.97. The van der Waals surface area contributed by atoms with Gasteiger partial charge in [-0.2, -0.15) is 0 Å². The van der Waals surface area contributed by atoms with Gasteiger partial charge in [-0.3, -0.25) is 0 Å². The molecule has 1 aliphatic rings. The summed E-state index contributed by atoms with van der Waals surface area (Å²) >= 11 is 0. The summed E-state index contributed by atoms with van der Waals surface area (Å²) in [7, 11) is 0. The van der Waals surface area contributed by atoms with E-state index in [4.69, 9.17) is 10.5 Å². The highest BCUT2D eigenvalue weighted by Crippen LogP contribution is 2.37. The molecule has 0 unspecified atom stereocenters. The van der Waals surface area contributed by atoms with E-state index in [-0.39, 0.29) is 0 Å². The van der Waals surface area contributed by atoms with Gasteiger partial charge < -0.3 is 10.5 Å². The molecule has 6 nitrogen and oxygen atoms in total. The Kier molecular flexibility index (Phi) is 3.40. The number of anilines is 1. The maximum atomic E-state index is 6.14. The SMILES string of the molecule is CCOC1CC(n2nnnc2-c2cccc(C)c2N)C1. The first-order chi connectivity index (χ1) is 9.70. The van der Waals surface area contributed by atoms with Crippen molar-refractivity contribution in [3.05, 3.63) is 23.8 Å². The zero-order valence-corrected chi connectivity index (χ0v) is 11.8. The van der Waals surface area contributed by atoms with Crippen molar-refractivity contribution in [1.82, 2.24) is 20.2 Å². The molecule has 2 aromatic rings. The Bertz CT molecular complexity index is 603. The summed E-state index contributed by atoms with van der Waals surface area (Å²) in [5.41, 5.74) is 8.82. The number of rotatable bonds is 4. The van der Waals surface area contributed by atoms with Gasteiger partial charge in [-0.1, -0.05) is 12.1 Å². The molecule has 0 bridgehead atoms. The Hall–Kier alpha value is -1.95. The lowest BCUT2D eigenvalue weighted by Gasteiger charge is -2.34. The smallest absolute Gasteiger partial charge is 0.184 e. The maximum Gasteiger partial charge on any atom is 0.184 e. The summed E-state index contributed by atoms with van der Waals surface area (Å²) in [5.74, 6) is 0.742. The maximum absolute atomic E-state index is 6.14. The molecule has 1 heterocycles. The quantitative estimate of drug-likeness (QED) is 0.862. The van der Waals surface area contributed by atoms with Crippen molar-refractivity contribution in [2.24, 2.45) is 0 Å². The van der Waals surface area contributed by atoms with Crippen LogP contribution in [0.5, 0.6) is 0 Å². The predicted molar refractivity (Wildman–Crippen MR) is 76.1 cm³/mol. The van der Waals surface area contributed by atoms with Crippen molar-refractivity contribution in [1.29, 1.82) is 0 Å². The zero-order valence-electron chi connectivity index (χ0n) is 11.8. The lowest BCUT2D eigenvalue weighted by molar-refractivity contribution is -0.0227. The Morgan fingerprint density at radius 2 is 2.20 bits per heavy atom. The summed E-state index contributed by atoms with van der Waals surface area (Å²) in [6.45, 7) is 4.76. The first kappa shape index (κ1) is 13.1. The van der Waals surface area contributed by atoms with Crippen molar-refractivity contribution in [2.45, 2.75) is 38.8 Å². The number of aromatic nitrogens is 4. The molecule has 0 saturated heterocycles. The van der Waals surface area contributed by atoms with Crippen LogP contribution in [0.2, 0.25) is 0 Å². The van der Waals surface area contributed by atoms with Gasteiger partial charge in [0.05, 0.1) is 12.1 Å². The standard InChI is InChI=1S/C14H19N5O/c1-3-20-11-7-10(8-11)19-14(16-17-18-19)12-6-4-5-9(2)13(12)15/h4-6,10-11H,3,7-8,15H2,1-2H3. The van der Waals surface area contributed by atoms with Gasteiger partial charge in [-0.15, -0.1) is 5.10 Å². The number of benzene rings is 1. The van der Waals surface area contributed by atoms with Crippen LogP contribution in [0.3, 0.4) is 0 Å². The molecule has 0 spiro atoms. The number of hydrogen-bond acceptors (Lipinski definition) is 5. The second kappa shape index (κ2) is 5.20. The summed E-state index contributed by atoms with van der Waals surface area (Å²) < 4.78 is 7.46. The Morgan fingerprint density at radius 3 is 2.95 bits per heavy atom. The summed E-state index contributed by atoms with van der Waals surface area (Å²) in [6.07, 6.45) is 2.24. The zero-order chi connectivity index (χ0) is 14.1. The Balaban J connectivity index is 1.86. The molecule has 0 atom stereocenters. The molecule has 6 heteroatoms. The molecule has 0 radical (unpaired) electrons. The van der Waals surface area contributed by atoms with Crippen LogP contribution in [0.1, 0.15) is 31.4 Å². The molecule has 20 heavy (non-hydrogen) atoms. The van der Waals surface area contributed by atoms with Crippen LogP contribution in [-0.2, 0) is 4.74 Å². The molecule has 1 aromatic heterocycles. The highest BCUT2D eigenvalue weighted by Gasteiger charge is 2.34. The number of nitrogens with two attached hydrogens (primary N) is 1. The summed E-state index contributed by atoms with van der Waals surface area (Å²) in [6, 6.07) is 6.23. The van der Waals surface area contributed by atoms with Gasteiger partial charge in [0.25, 0.3) is 0 Å². The van der Waals surface area contributed by atoms with Gasteiger partial charge in [-0.05, 0) is 48.7 Å². The fourth-order valence-corrected chi connectivity index (χ4v) is 2.60. The molecule has 3 rings (SSSR count). The second-order valence-corrected chi connectivity index (χ2v) is 5.19. The lowest BCUT2D eigenvalue weighted by Crippen LogP contribution is -2.34. The lowest BCUT2D eigenvalue weighted by atomic mass is 9.89. The van der Waals surface area contributed by atoms with Crippen LogP contribution in [0.4, 0.5) is 5.69 Å². The van der Waals surface area contributed by atoms with Gasteiger partial charge in [-0.25, -0.2) is 4.68 Å². The van der Waals surface area contributed by atoms with Gasteiger partial charge in [0.2, 0.25) is 0 Å². The molecule has 1 aromatic carbocycles. The molecule has 0 amide bonds. The Morgan fingerprint density at radius 1 is 1.40 bits per heavy atom. The number of ether oxygens (including phenoxy) is 1. The highest BCUT2D eigenvalue weighted by atomic mass is 16.5. The monoisotopic (exact) mass is 273 g/mol. The van der Waals surface area contributed by atoms with Crippen molar-refractivity contribution < 1.29 is 4.74 Å². The number of aryl methyl sites for hydroxylation is 1. The average molecular weight is 273 g/mol. The molecule has 1 aliphatic carbocycles. The van der Waals surface area contributed by atoms with Crippen LogP contribution in [-0.4, -0.2) is 32.9 Å². The van der Waals surface area contributed by atoms with Crippen LogP contribution in [0, 0.1) is 6.92 Å². The number of hydrogen-bond donors (Lipinski definition) is 1. The van der Waals surface area contributed by atoms with E-state index < -0.39 is 0 Å². The number of para-hydroxylation sites is 1. The summed E-state index contributed by atoms with van der Waals surface area (Å²) in [4.78, 5) is 0. The van der Waals surface area contributed by atoms with Crippen molar-refractivity contribution >= 4 is 5.69 Å². The van der Waals surface area contributed by atoms with Crippen LogP contribution >= 0.6 is 0 Å². The van der Waals surface area contributed by atoms with E-state index in [1.54, 1.807) is 0 Å². The molecule has 106 valence electrons. The molecule has 1 fully saturated rings. The number of nitrogen functional groups attached to an aromatic ring is 1. The third kappa shape index (κ3) is 2.16. The minimum atomic E-state index is 0.302. The van der Waals surface area contributed by atoms with E-state index in [9.17, 15) is 0 Å². The van der Waals surface area contributed by atoms with Gasteiger partial charge in [0.1, 0.15) is 0 Å². The van der Waals surface area contributed by atoms with Crippen molar-refractivity contribution in [3.8, 4) is 11.4 Å². The first-order valence-electron chi connectivity index (χ1n) is 6.95. The van der Waals surface area contributed by atoms with Crippen molar-refractivity contribution in [3.63, 3.8) is 0 Å². The number of nitrogens with zero attached hydrogens (tertiary/aromatic N) is 4. The van der Waals surface area contributed by atoms with E-state index >= 15 is 0 Å². The van der Waals surface area contributed by atoms with E-state index in [1.165, 1.54) is 0 Å². The van der Waals surface area contributed by atoms with Crippen molar-refractivity contribution in [2.75, 3.05) is 12.3 Å². The Labute approximate surface area is 117 Å². The molecule has 2 N–H and O–H groups in total. The van der Waals surface area contributed by atoms with E-state index in [1.807, 2.05) is 36.7 Å². The minimum Gasteiger partial charge on any atom is -0.398 e. The molecular formula is C14H19N5O. The fraction of sp³-hybridized carbons (Fsp3) is 0.500. The molecular weight excluding hydrogens is 254 g/mol. The minimum absolute atomic E-state index is 0.302. The first-order valence-corrected chi connectivity index (χ1v) is 6.95. The molecule has 0 aliphatic heterocycles. The highest BCUT2D eigenvalue weighted by molar-refractivity contribution is 5.74. The average Bonchev–Trinajstić information content (AvgIpc) is 2.85.